The Morgan fingerprint density at radius 2 is 1.77 bits per heavy atom. The summed E-state index contributed by atoms with van der Waals surface area (Å²) in [5.41, 5.74) is 9.84. The summed E-state index contributed by atoms with van der Waals surface area (Å²) >= 11 is 0. The number of nitriles is 1. The molecule has 13 heavy (non-hydrogen) atoms. The van der Waals surface area contributed by atoms with Gasteiger partial charge < -0.3 is 11.5 Å². The van der Waals surface area contributed by atoms with Crippen molar-refractivity contribution in [1.29, 1.82) is 5.26 Å². The number of carbonyl (C=O) groups excluding carboxylic acids is 2. The number of hydrogen-bond acceptors (Lipinski definition) is 4. The maximum absolute atomic E-state index is 10.5. The minimum absolute atomic E-state index is 0.141. The summed E-state index contributed by atoms with van der Waals surface area (Å²) in [5.74, 6) is -1.19. The van der Waals surface area contributed by atoms with Crippen molar-refractivity contribution in [3.05, 3.63) is 0 Å². The largest absolute Gasteiger partial charge is 0.369 e. The summed E-state index contributed by atoms with van der Waals surface area (Å²) < 4.78 is 0. The van der Waals surface area contributed by atoms with Crippen molar-refractivity contribution in [2.75, 3.05) is 13.1 Å². The van der Waals surface area contributed by atoms with Gasteiger partial charge in [0, 0.05) is 0 Å². The molecule has 0 aromatic rings. The average Bonchev–Trinajstić information content (AvgIpc) is 2.00. The maximum Gasteiger partial charge on any atom is 0.231 e. The van der Waals surface area contributed by atoms with Gasteiger partial charge in [-0.15, -0.1) is 0 Å². The Morgan fingerprint density at radius 1 is 1.38 bits per heavy atom. The van der Waals surface area contributed by atoms with Crippen LogP contribution in [-0.4, -0.2) is 35.8 Å². The fourth-order valence-electron chi connectivity index (χ4n) is 0.812. The van der Waals surface area contributed by atoms with E-state index in [0.29, 0.717) is 0 Å². The molecular weight excluding hydrogens is 172 g/mol. The smallest absolute Gasteiger partial charge is 0.231 e. The Kier molecular flexibility index (Phi) is 4.48. The van der Waals surface area contributed by atoms with Crippen LogP contribution in [0.5, 0.6) is 0 Å². The molecule has 6 nitrogen and oxygen atoms in total. The quantitative estimate of drug-likeness (QED) is 0.523. The number of carbonyl (C=O) groups is 2. The fraction of sp³-hybridized carbons (Fsp3) is 0.571. The number of hydrogen-bond donors (Lipinski definition) is 2. The van der Waals surface area contributed by atoms with Gasteiger partial charge in [0.2, 0.25) is 11.8 Å². The summed E-state index contributed by atoms with van der Waals surface area (Å²) in [4.78, 5) is 22.4. The Balaban J connectivity index is 4.28. The van der Waals surface area contributed by atoms with Crippen LogP contribution in [0.3, 0.4) is 0 Å². The van der Waals surface area contributed by atoms with Crippen LogP contribution in [0, 0.1) is 11.3 Å². The molecule has 0 rings (SSSR count). The zero-order chi connectivity index (χ0) is 10.4. The number of nitrogens with zero attached hydrogens (tertiary/aromatic N) is 2. The summed E-state index contributed by atoms with van der Waals surface area (Å²) in [7, 11) is 0. The molecule has 4 N–H and O–H groups in total. The Morgan fingerprint density at radius 3 is 2.00 bits per heavy atom. The first kappa shape index (κ1) is 11.4. The van der Waals surface area contributed by atoms with E-state index < -0.39 is 17.9 Å². The molecule has 2 amide bonds. The molecule has 72 valence electrons. The van der Waals surface area contributed by atoms with Crippen LogP contribution >= 0.6 is 0 Å². The standard InChI is InChI=1S/C7H12N4O2/c1-5(2-8)11(3-6(9)12)4-7(10)13/h5H,3-4H2,1H3,(H2,9,12)(H2,10,13). The van der Waals surface area contributed by atoms with Crippen LogP contribution in [0.1, 0.15) is 6.92 Å². The Labute approximate surface area is 76.1 Å². The van der Waals surface area contributed by atoms with Crippen LogP contribution in [0.15, 0.2) is 0 Å². The van der Waals surface area contributed by atoms with Crippen molar-refractivity contribution < 1.29 is 9.59 Å². The van der Waals surface area contributed by atoms with Crippen molar-refractivity contribution >= 4 is 11.8 Å². The monoisotopic (exact) mass is 184 g/mol. The van der Waals surface area contributed by atoms with Gasteiger partial charge in [-0.1, -0.05) is 0 Å². The highest BCUT2D eigenvalue weighted by Crippen LogP contribution is 1.95. The van der Waals surface area contributed by atoms with E-state index in [1.165, 1.54) is 4.90 Å². The van der Waals surface area contributed by atoms with Crippen LogP contribution in [0.4, 0.5) is 0 Å². The van der Waals surface area contributed by atoms with Crippen LogP contribution in [-0.2, 0) is 9.59 Å². The van der Waals surface area contributed by atoms with Gasteiger partial charge in [-0.3, -0.25) is 14.5 Å². The lowest BCUT2D eigenvalue weighted by Gasteiger charge is -2.20. The second-order valence-corrected chi connectivity index (χ2v) is 2.64. The SMILES string of the molecule is CC(C#N)N(CC(N)=O)CC(N)=O. The highest BCUT2D eigenvalue weighted by atomic mass is 16.2. The van der Waals surface area contributed by atoms with Gasteiger partial charge in [-0.2, -0.15) is 5.26 Å². The first-order chi connectivity index (χ1) is 5.97. The molecule has 0 spiro atoms. The van der Waals surface area contributed by atoms with E-state index in [1.807, 2.05) is 6.07 Å². The molecule has 0 bridgehead atoms. The number of amides is 2. The second kappa shape index (κ2) is 5.11. The predicted octanol–water partition coefficient (Wildman–Crippen LogP) is -1.83. The van der Waals surface area contributed by atoms with E-state index >= 15 is 0 Å². The lowest BCUT2D eigenvalue weighted by Crippen LogP contribution is -2.43. The van der Waals surface area contributed by atoms with Crippen molar-refractivity contribution in [3.8, 4) is 6.07 Å². The third-order valence-corrected chi connectivity index (χ3v) is 1.45. The zero-order valence-corrected chi connectivity index (χ0v) is 7.36. The molecule has 0 radical (unpaired) electrons. The first-order valence-electron chi connectivity index (χ1n) is 3.67. The van der Waals surface area contributed by atoms with E-state index in [-0.39, 0.29) is 13.1 Å². The van der Waals surface area contributed by atoms with E-state index in [2.05, 4.69) is 0 Å². The number of rotatable bonds is 5. The summed E-state index contributed by atoms with van der Waals surface area (Å²) in [6.07, 6.45) is 0. The topological polar surface area (TPSA) is 113 Å². The molecule has 1 unspecified atom stereocenters. The zero-order valence-electron chi connectivity index (χ0n) is 7.36. The van der Waals surface area contributed by atoms with Crippen molar-refractivity contribution in [2.24, 2.45) is 11.5 Å². The molecule has 1 atom stereocenters. The number of nitrogens with two attached hydrogens (primary N) is 2. The van der Waals surface area contributed by atoms with Crippen LogP contribution < -0.4 is 11.5 Å². The molecule has 0 aliphatic heterocycles. The highest BCUT2D eigenvalue weighted by molar-refractivity contribution is 5.79. The molecule has 6 heteroatoms. The van der Waals surface area contributed by atoms with Gasteiger partial charge in [0.05, 0.1) is 25.2 Å². The first-order valence-corrected chi connectivity index (χ1v) is 3.67. The molecule has 0 heterocycles. The third kappa shape index (κ3) is 4.76. The fourth-order valence-corrected chi connectivity index (χ4v) is 0.812. The molecule has 0 aliphatic rings. The molecule has 0 fully saturated rings. The normalized spacial score (nSPS) is 12.1. The van der Waals surface area contributed by atoms with Crippen molar-refractivity contribution in [2.45, 2.75) is 13.0 Å². The van der Waals surface area contributed by atoms with Gasteiger partial charge in [0.15, 0.2) is 0 Å². The molecule has 0 saturated heterocycles. The second-order valence-electron chi connectivity index (χ2n) is 2.64. The third-order valence-electron chi connectivity index (χ3n) is 1.45. The Bertz CT molecular complexity index is 229. The Hall–Kier alpha value is -1.61. The summed E-state index contributed by atoms with van der Waals surface area (Å²) in [6, 6.07) is 1.33. The predicted molar refractivity (Wildman–Crippen MR) is 45.0 cm³/mol. The van der Waals surface area contributed by atoms with Crippen LogP contribution in [0.2, 0.25) is 0 Å². The molecular formula is C7H12N4O2. The molecule has 0 aliphatic carbocycles. The minimum Gasteiger partial charge on any atom is -0.369 e. The van der Waals surface area contributed by atoms with E-state index in [0.717, 1.165) is 0 Å². The molecule has 0 aromatic heterocycles. The molecule has 0 saturated carbocycles. The average molecular weight is 184 g/mol. The highest BCUT2D eigenvalue weighted by Gasteiger charge is 2.16. The minimum atomic E-state index is -0.594. The van der Waals surface area contributed by atoms with Gasteiger partial charge >= 0.3 is 0 Å². The summed E-state index contributed by atoms with van der Waals surface area (Å²) in [6.45, 7) is 1.28. The maximum atomic E-state index is 10.5. The number of primary amides is 2. The molecule has 0 aromatic carbocycles. The van der Waals surface area contributed by atoms with Crippen LogP contribution in [0.25, 0.3) is 0 Å². The van der Waals surface area contributed by atoms with E-state index in [9.17, 15) is 9.59 Å². The van der Waals surface area contributed by atoms with E-state index in [1.54, 1.807) is 6.92 Å². The lowest BCUT2D eigenvalue weighted by molar-refractivity contribution is -0.122. The van der Waals surface area contributed by atoms with Crippen molar-refractivity contribution in [3.63, 3.8) is 0 Å². The van der Waals surface area contributed by atoms with Gasteiger partial charge in [0.1, 0.15) is 0 Å². The van der Waals surface area contributed by atoms with Gasteiger partial charge in [0.25, 0.3) is 0 Å². The summed E-state index contributed by atoms with van der Waals surface area (Å²) in [5, 5.41) is 8.54. The lowest BCUT2D eigenvalue weighted by atomic mass is 10.3. The van der Waals surface area contributed by atoms with Gasteiger partial charge in [-0.25, -0.2) is 0 Å². The van der Waals surface area contributed by atoms with E-state index in [4.69, 9.17) is 16.7 Å². The van der Waals surface area contributed by atoms with Crippen molar-refractivity contribution in [1.82, 2.24) is 4.90 Å². The van der Waals surface area contributed by atoms with Gasteiger partial charge in [-0.05, 0) is 6.92 Å².